The Balaban J connectivity index is 2.16. The Labute approximate surface area is 88.7 Å². The van der Waals surface area contributed by atoms with Crippen molar-refractivity contribution in [3.05, 3.63) is 35.6 Å². The van der Waals surface area contributed by atoms with Gasteiger partial charge in [-0.05, 0) is 31.0 Å². The third-order valence-corrected chi connectivity index (χ3v) is 3.03. The second kappa shape index (κ2) is 4.29. The van der Waals surface area contributed by atoms with Gasteiger partial charge in [0.2, 0.25) is 0 Å². The number of halogens is 1. The summed E-state index contributed by atoms with van der Waals surface area (Å²) in [6.45, 7) is 2.62. The Hall–Kier alpha value is -0.930. The van der Waals surface area contributed by atoms with Gasteiger partial charge in [0.05, 0.1) is 12.2 Å². The van der Waals surface area contributed by atoms with Gasteiger partial charge in [-0.15, -0.1) is 0 Å². The highest BCUT2D eigenvalue weighted by Gasteiger charge is 2.31. The largest absolute Gasteiger partial charge is 0.388 e. The third-order valence-electron chi connectivity index (χ3n) is 3.03. The molecule has 1 N–H and O–H groups in total. The fourth-order valence-corrected chi connectivity index (χ4v) is 2.10. The Morgan fingerprint density at radius 3 is 2.93 bits per heavy atom. The molecular formula is C12H15FO2. The normalized spacial score (nSPS) is 27.9. The van der Waals surface area contributed by atoms with Gasteiger partial charge < -0.3 is 9.84 Å². The molecule has 1 heterocycles. The van der Waals surface area contributed by atoms with Gasteiger partial charge in [-0.25, -0.2) is 4.39 Å². The lowest BCUT2D eigenvalue weighted by atomic mass is 9.91. The number of aliphatic hydroxyl groups excluding tert-OH is 1. The van der Waals surface area contributed by atoms with Gasteiger partial charge in [-0.2, -0.15) is 0 Å². The van der Waals surface area contributed by atoms with Crippen molar-refractivity contribution >= 4 is 0 Å². The van der Waals surface area contributed by atoms with Crippen LogP contribution in [0.5, 0.6) is 0 Å². The lowest BCUT2D eigenvalue weighted by molar-refractivity contribution is 0.0430. The summed E-state index contributed by atoms with van der Waals surface area (Å²) < 4.78 is 18.4. The van der Waals surface area contributed by atoms with Crippen LogP contribution in [-0.2, 0) is 4.74 Å². The average molecular weight is 210 g/mol. The number of aliphatic hydroxyl groups is 1. The molecule has 15 heavy (non-hydrogen) atoms. The van der Waals surface area contributed by atoms with Crippen LogP contribution in [0.4, 0.5) is 4.39 Å². The number of hydrogen-bond acceptors (Lipinski definition) is 2. The van der Waals surface area contributed by atoms with Gasteiger partial charge in [-0.3, -0.25) is 0 Å². The van der Waals surface area contributed by atoms with E-state index < -0.39 is 6.10 Å². The number of rotatable bonds is 2. The smallest absolute Gasteiger partial charge is 0.123 e. The quantitative estimate of drug-likeness (QED) is 0.811. The second-order valence-corrected chi connectivity index (χ2v) is 4.03. The average Bonchev–Trinajstić information content (AvgIpc) is 2.63. The van der Waals surface area contributed by atoms with Crippen molar-refractivity contribution in [2.24, 2.45) is 5.92 Å². The van der Waals surface area contributed by atoms with Crippen LogP contribution >= 0.6 is 0 Å². The van der Waals surface area contributed by atoms with Gasteiger partial charge in [0.15, 0.2) is 0 Å². The molecule has 0 aliphatic carbocycles. The molecule has 3 unspecified atom stereocenters. The van der Waals surface area contributed by atoms with E-state index in [0.29, 0.717) is 12.2 Å². The van der Waals surface area contributed by atoms with E-state index in [9.17, 15) is 9.50 Å². The Kier molecular flexibility index (Phi) is 3.03. The zero-order valence-electron chi connectivity index (χ0n) is 8.69. The molecule has 3 atom stereocenters. The van der Waals surface area contributed by atoms with Crippen molar-refractivity contribution in [3.63, 3.8) is 0 Å². The zero-order valence-corrected chi connectivity index (χ0v) is 8.69. The summed E-state index contributed by atoms with van der Waals surface area (Å²) in [6.07, 6.45) is 0.250. The topological polar surface area (TPSA) is 29.5 Å². The fourth-order valence-electron chi connectivity index (χ4n) is 2.10. The maximum atomic E-state index is 13.0. The summed E-state index contributed by atoms with van der Waals surface area (Å²) in [5.41, 5.74) is 0.636. The maximum absolute atomic E-state index is 13.0. The molecule has 0 aromatic heterocycles. The van der Waals surface area contributed by atoms with Crippen LogP contribution in [0.15, 0.2) is 24.3 Å². The minimum absolute atomic E-state index is 0.0447. The molecule has 1 saturated heterocycles. The molecule has 0 amide bonds. The monoisotopic (exact) mass is 210 g/mol. The Morgan fingerprint density at radius 1 is 1.53 bits per heavy atom. The first-order chi connectivity index (χ1) is 7.18. The highest BCUT2D eigenvalue weighted by molar-refractivity contribution is 5.19. The minimum atomic E-state index is -0.627. The Morgan fingerprint density at radius 2 is 2.33 bits per heavy atom. The van der Waals surface area contributed by atoms with E-state index >= 15 is 0 Å². The van der Waals surface area contributed by atoms with Gasteiger partial charge in [-0.1, -0.05) is 12.1 Å². The minimum Gasteiger partial charge on any atom is -0.388 e. The van der Waals surface area contributed by atoms with Crippen molar-refractivity contribution in [2.45, 2.75) is 25.6 Å². The zero-order chi connectivity index (χ0) is 10.8. The lowest BCUT2D eigenvalue weighted by Gasteiger charge is -2.21. The highest BCUT2D eigenvalue weighted by atomic mass is 19.1. The first kappa shape index (κ1) is 10.6. The fraction of sp³-hybridized carbons (Fsp3) is 0.500. The van der Waals surface area contributed by atoms with Crippen LogP contribution < -0.4 is 0 Å². The standard InChI is InChI=1S/C12H15FO2/c1-8-11(5-6-15-8)12(14)9-3-2-4-10(13)7-9/h2-4,7-8,11-12,14H,5-6H2,1H3. The molecule has 1 aromatic rings. The SMILES string of the molecule is CC1OCCC1C(O)c1cccc(F)c1. The predicted octanol–water partition coefficient (Wildman–Crippen LogP) is 2.28. The molecule has 0 radical (unpaired) electrons. The highest BCUT2D eigenvalue weighted by Crippen LogP contribution is 2.33. The first-order valence-corrected chi connectivity index (χ1v) is 5.23. The summed E-state index contributed by atoms with van der Waals surface area (Å²) in [4.78, 5) is 0. The molecule has 1 aliphatic heterocycles. The van der Waals surface area contributed by atoms with Crippen LogP contribution in [0.1, 0.15) is 25.0 Å². The molecule has 1 aromatic carbocycles. The summed E-state index contributed by atoms with van der Waals surface area (Å²) in [7, 11) is 0. The van der Waals surface area contributed by atoms with Crippen molar-refractivity contribution in [3.8, 4) is 0 Å². The second-order valence-electron chi connectivity index (χ2n) is 4.03. The van der Waals surface area contributed by atoms with E-state index in [1.807, 2.05) is 6.92 Å². The maximum Gasteiger partial charge on any atom is 0.123 e. The number of ether oxygens (including phenoxy) is 1. The van der Waals surface area contributed by atoms with Crippen molar-refractivity contribution < 1.29 is 14.2 Å². The first-order valence-electron chi connectivity index (χ1n) is 5.23. The van der Waals surface area contributed by atoms with Crippen LogP contribution in [0, 0.1) is 11.7 Å². The predicted molar refractivity (Wildman–Crippen MR) is 54.9 cm³/mol. The molecule has 0 spiro atoms. The van der Waals surface area contributed by atoms with Crippen LogP contribution in [0.3, 0.4) is 0 Å². The molecule has 0 saturated carbocycles. The molecule has 2 nitrogen and oxygen atoms in total. The Bertz CT molecular complexity index is 340. The van der Waals surface area contributed by atoms with Gasteiger partial charge in [0, 0.05) is 12.5 Å². The summed E-state index contributed by atoms with van der Waals surface area (Å²) in [6, 6.07) is 6.13. The molecule has 0 bridgehead atoms. The van der Waals surface area contributed by atoms with Gasteiger partial charge >= 0.3 is 0 Å². The third kappa shape index (κ3) is 2.19. The van der Waals surface area contributed by atoms with E-state index in [4.69, 9.17) is 4.74 Å². The summed E-state index contributed by atoms with van der Waals surface area (Å²) >= 11 is 0. The van der Waals surface area contributed by atoms with Crippen LogP contribution in [0.25, 0.3) is 0 Å². The molecule has 1 aliphatic rings. The number of benzene rings is 1. The van der Waals surface area contributed by atoms with E-state index in [2.05, 4.69) is 0 Å². The van der Waals surface area contributed by atoms with E-state index in [-0.39, 0.29) is 17.8 Å². The van der Waals surface area contributed by atoms with E-state index in [0.717, 1.165) is 6.42 Å². The molecule has 2 rings (SSSR count). The summed E-state index contributed by atoms with van der Waals surface area (Å²) in [5, 5.41) is 10.1. The van der Waals surface area contributed by atoms with Gasteiger partial charge in [0.25, 0.3) is 0 Å². The molecule has 3 heteroatoms. The van der Waals surface area contributed by atoms with E-state index in [1.165, 1.54) is 12.1 Å². The van der Waals surface area contributed by atoms with Crippen molar-refractivity contribution in [2.75, 3.05) is 6.61 Å². The van der Waals surface area contributed by atoms with Crippen LogP contribution in [-0.4, -0.2) is 17.8 Å². The number of hydrogen-bond donors (Lipinski definition) is 1. The van der Waals surface area contributed by atoms with Crippen LogP contribution in [0.2, 0.25) is 0 Å². The van der Waals surface area contributed by atoms with Gasteiger partial charge in [0.1, 0.15) is 5.82 Å². The van der Waals surface area contributed by atoms with E-state index in [1.54, 1.807) is 12.1 Å². The molecule has 1 fully saturated rings. The van der Waals surface area contributed by atoms with Crippen molar-refractivity contribution in [1.82, 2.24) is 0 Å². The molecular weight excluding hydrogens is 195 g/mol. The lowest BCUT2D eigenvalue weighted by Crippen LogP contribution is -2.19. The summed E-state index contributed by atoms with van der Waals surface area (Å²) in [5.74, 6) is -0.232. The van der Waals surface area contributed by atoms with Crippen molar-refractivity contribution in [1.29, 1.82) is 0 Å². The molecule has 82 valence electrons.